The molecule has 4 heteroatoms. The Morgan fingerprint density at radius 1 is 1.38 bits per heavy atom. The average Bonchev–Trinajstić information content (AvgIpc) is 2.14. The molecule has 0 spiro atoms. The van der Waals surface area contributed by atoms with E-state index in [-0.39, 0.29) is 6.10 Å². The van der Waals surface area contributed by atoms with Crippen molar-refractivity contribution in [2.45, 2.75) is 52.1 Å². The van der Waals surface area contributed by atoms with E-state index in [0.29, 0.717) is 0 Å². The fraction of sp³-hybridized carbons (Fsp3) is 0.750. The highest BCUT2D eigenvalue weighted by atomic mass is 28.3. The van der Waals surface area contributed by atoms with Crippen LogP contribution in [-0.2, 0) is 9.47 Å². The van der Waals surface area contributed by atoms with Gasteiger partial charge in [-0.25, -0.2) is 4.79 Å². The van der Waals surface area contributed by atoms with E-state index in [1.807, 2.05) is 6.92 Å². The fourth-order valence-electron chi connectivity index (χ4n) is 1.52. The number of ether oxygens (including phenoxy) is 2. The first-order chi connectivity index (χ1) is 7.30. The molecule has 0 aliphatic rings. The Kier molecular flexibility index (Phi) is 6.41. The summed E-state index contributed by atoms with van der Waals surface area (Å²) >= 11 is 0. The quantitative estimate of drug-likeness (QED) is 0.419. The SMILES string of the molecule is CC/C=C(/C[Si](C)(C)C)C(C)OC(=O)OC. The van der Waals surface area contributed by atoms with Crippen LogP contribution in [0.4, 0.5) is 4.79 Å². The van der Waals surface area contributed by atoms with Gasteiger partial charge in [-0.2, -0.15) is 0 Å². The van der Waals surface area contributed by atoms with Crippen LogP contribution in [0.1, 0.15) is 20.3 Å². The van der Waals surface area contributed by atoms with E-state index in [0.717, 1.165) is 12.5 Å². The van der Waals surface area contributed by atoms with Gasteiger partial charge in [0, 0.05) is 8.07 Å². The first-order valence-electron chi connectivity index (χ1n) is 5.73. The van der Waals surface area contributed by atoms with Gasteiger partial charge in [-0.3, -0.25) is 0 Å². The van der Waals surface area contributed by atoms with Crippen molar-refractivity contribution >= 4 is 14.2 Å². The van der Waals surface area contributed by atoms with Crippen LogP contribution in [0.2, 0.25) is 25.7 Å². The van der Waals surface area contributed by atoms with Gasteiger partial charge in [0.05, 0.1) is 7.11 Å². The van der Waals surface area contributed by atoms with Gasteiger partial charge >= 0.3 is 6.16 Å². The summed E-state index contributed by atoms with van der Waals surface area (Å²) in [5, 5.41) is 0. The number of methoxy groups -OCH3 is 1. The van der Waals surface area contributed by atoms with E-state index < -0.39 is 14.2 Å². The lowest BCUT2D eigenvalue weighted by Gasteiger charge is -2.22. The highest BCUT2D eigenvalue weighted by molar-refractivity contribution is 6.76. The highest BCUT2D eigenvalue weighted by Crippen LogP contribution is 2.21. The maximum Gasteiger partial charge on any atom is 0.508 e. The van der Waals surface area contributed by atoms with Crippen LogP contribution in [0.25, 0.3) is 0 Å². The zero-order valence-electron chi connectivity index (χ0n) is 11.3. The summed E-state index contributed by atoms with van der Waals surface area (Å²) in [6.45, 7) is 10.9. The second kappa shape index (κ2) is 6.73. The van der Waals surface area contributed by atoms with Crippen LogP contribution in [0, 0.1) is 0 Å². The van der Waals surface area contributed by atoms with Crippen molar-refractivity contribution in [3.63, 3.8) is 0 Å². The Morgan fingerprint density at radius 3 is 2.31 bits per heavy atom. The van der Waals surface area contributed by atoms with Gasteiger partial charge in [0.2, 0.25) is 0 Å². The van der Waals surface area contributed by atoms with Crippen molar-refractivity contribution in [3.05, 3.63) is 11.6 Å². The Morgan fingerprint density at radius 2 is 1.94 bits per heavy atom. The smallest absolute Gasteiger partial charge is 0.438 e. The molecule has 0 radical (unpaired) electrons. The largest absolute Gasteiger partial charge is 0.508 e. The molecule has 0 aromatic rings. The molecule has 16 heavy (non-hydrogen) atoms. The molecule has 1 unspecified atom stereocenters. The van der Waals surface area contributed by atoms with Gasteiger partial charge in [0.25, 0.3) is 0 Å². The molecule has 0 amide bonds. The monoisotopic (exact) mass is 244 g/mol. The third-order valence-corrected chi connectivity index (χ3v) is 3.63. The molecule has 0 aromatic carbocycles. The third-order valence-electron chi connectivity index (χ3n) is 2.16. The summed E-state index contributed by atoms with van der Waals surface area (Å²) < 4.78 is 9.66. The lowest BCUT2D eigenvalue weighted by Crippen LogP contribution is -2.26. The molecule has 0 aliphatic carbocycles. The molecular weight excluding hydrogens is 220 g/mol. The summed E-state index contributed by atoms with van der Waals surface area (Å²) in [7, 11) is 0.148. The van der Waals surface area contributed by atoms with Gasteiger partial charge < -0.3 is 9.47 Å². The van der Waals surface area contributed by atoms with Crippen molar-refractivity contribution in [2.75, 3.05) is 7.11 Å². The zero-order chi connectivity index (χ0) is 12.8. The van der Waals surface area contributed by atoms with Crippen molar-refractivity contribution in [2.24, 2.45) is 0 Å². The third kappa shape index (κ3) is 6.66. The van der Waals surface area contributed by atoms with Crippen LogP contribution in [-0.4, -0.2) is 27.4 Å². The number of carbonyl (C=O) groups excluding carboxylic acids is 1. The Labute approximate surface area is 99.8 Å². The molecule has 0 rings (SSSR count). The van der Waals surface area contributed by atoms with Gasteiger partial charge in [0.1, 0.15) is 6.10 Å². The van der Waals surface area contributed by atoms with E-state index in [1.54, 1.807) is 0 Å². The average molecular weight is 244 g/mol. The Bertz CT molecular complexity index is 253. The summed E-state index contributed by atoms with van der Waals surface area (Å²) in [5.41, 5.74) is 1.21. The van der Waals surface area contributed by atoms with Crippen molar-refractivity contribution in [1.29, 1.82) is 0 Å². The Hall–Kier alpha value is -0.773. The second-order valence-electron chi connectivity index (χ2n) is 5.14. The van der Waals surface area contributed by atoms with E-state index in [1.165, 1.54) is 12.7 Å². The topological polar surface area (TPSA) is 35.5 Å². The molecule has 0 fully saturated rings. The minimum Gasteiger partial charge on any atom is -0.438 e. The number of carbonyl (C=O) groups is 1. The van der Waals surface area contributed by atoms with Gasteiger partial charge in [0.15, 0.2) is 0 Å². The molecule has 0 aromatic heterocycles. The standard InChI is InChI=1S/C12H24O3Si/c1-7-8-11(9-16(4,5)6)10(2)15-12(13)14-3/h8,10H,7,9H2,1-6H3/b11-8-. The lowest BCUT2D eigenvalue weighted by molar-refractivity contribution is 0.0544. The van der Waals surface area contributed by atoms with E-state index >= 15 is 0 Å². The maximum absolute atomic E-state index is 11.0. The maximum atomic E-state index is 11.0. The van der Waals surface area contributed by atoms with E-state index in [9.17, 15) is 4.79 Å². The molecular formula is C12H24O3Si. The van der Waals surface area contributed by atoms with Crippen molar-refractivity contribution < 1.29 is 14.3 Å². The molecule has 0 aliphatic heterocycles. The number of allylic oxidation sites excluding steroid dienone is 1. The van der Waals surface area contributed by atoms with Gasteiger partial charge in [-0.1, -0.05) is 32.6 Å². The molecule has 3 nitrogen and oxygen atoms in total. The number of hydrogen-bond acceptors (Lipinski definition) is 3. The predicted octanol–water partition coefficient (Wildman–Crippen LogP) is 3.83. The zero-order valence-corrected chi connectivity index (χ0v) is 12.3. The van der Waals surface area contributed by atoms with Crippen LogP contribution in [0.3, 0.4) is 0 Å². The first-order valence-corrected chi connectivity index (χ1v) is 9.44. The first kappa shape index (κ1) is 15.2. The number of hydrogen-bond donors (Lipinski definition) is 0. The van der Waals surface area contributed by atoms with Crippen molar-refractivity contribution in [1.82, 2.24) is 0 Å². The van der Waals surface area contributed by atoms with Gasteiger partial charge in [-0.05, 0) is 25.0 Å². The number of rotatable bonds is 5. The summed E-state index contributed by atoms with van der Waals surface area (Å²) in [5.74, 6) is 0. The lowest BCUT2D eigenvalue weighted by atomic mass is 10.1. The summed E-state index contributed by atoms with van der Waals surface area (Å²) in [6.07, 6.45) is 2.34. The van der Waals surface area contributed by atoms with Crippen LogP contribution >= 0.6 is 0 Å². The molecule has 94 valence electrons. The molecule has 0 saturated carbocycles. The predicted molar refractivity (Wildman–Crippen MR) is 69.5 cm³/mol. The second-order valence-corrected chi connectivity index (χ2v) is 10.6. The molecule has 0 heterocycles. The Balaban J connectivity index is 4.54. The highest BCUT2D eigenvalue weighted by Gasteiger charge is 2.21. The van der Waals surface area contributed by atoms with Crippen LogP contribution in [0.15, 0.2) is 11.6 Å². The van der Waals surface area contributed by atoms with Crippen LogP contribution < -0.4 is 0 Å². The summed E-state index contributed by atoms with van der Waals surface area (Å²) in [4.78, 5) is 11.0. The van der Waals surface area contributed by atoms with Crippen molar-refractivity contribution in [3.8, 4) is 0 Å². The minimum atomic E-state index is -1.18. The van der Waals surface area contributed by atoms with Gasteiger partial charge in [-0.15, -0.1) is 0 Å². The van der Waals surface area contributed by atoms with E-state index in [4.69, 9.17) is 4.74 Å². The minimum absolute atomic E-state index is 0.181. The molecule has 1 atom stereocenters. The molecule has 0 N–H and O–H groups in total. The normalized spacial score (nSPS) is 14.5. The molecule has 0 bridgehead atoms. The van der Waals surface area contributed by atoms with Crippen LogP contribution in [0.5, 0.6) is 0 Å². The molecule has 0 saturated heterocycles. The summed E-state index contributed by atoms with van der Waals surface area (Å²) in [6, 6.07) is 1.05. The fourth-order valence-corrected chi connectivity index (χ4v) is 3.18. The van der Waals surface area contributed by atoms with E-state index in [2.05, 4.69) is 37.4 Å².